The van der Waals surface area contributed by atoms with Crippen molar-refractivity contribution in [1.82, 2.24) is 0 Å². The van der Waals surface area contributed by atoms with E-state index in [2.05, 4.69) is 13.8 Å². The lowest BCUT2D eigenvalue weighted by atomic mass is 9.96. The van der Waals surface area contributed by atoms with Crippen molar-refractivity contribution in [3.05, 3.63) is 53.6 Å². The fourth-order valence-electron chi connectivity index (χ4n) is 2.44. The van der Waals surface area contributed by atoms with Gasteiger partial charge in [-0.05, 0) is 29.9 Å². The van der Waals surface area contributed by atoms with Gasteiger partial charge in [0.05, 0.1) is 7.11 Å². The van der Waals surface area contributed by atoms with Crippen LogP contribution in [0.1, 0.15) is 36.2 Å². The number of aromatic hydroxyl groups is 1. The zero-order chi connectivity index (χ0) is 16.2. The molecule has 0 spiro atoms. The van der Waals surface area contributed by atoms with E-state index in [9.17, 15) is 9.90 Å². The molecule has 22 heavy (non-hydrogen) atoms. The van der Waals surface area contributed by atoms with Crippen molar-refractivity contribution in [1.29, 1.82) is 0 Å². The average Bonchev–Trinajstić information content (AvgIpc) is 2.55. The monoisotopic (exact) mass is 316 g/mol. The minimum Gasteiger partial charge on any atom is -0.508 e. The number of phenols is 1. The molecule has 4 heteroatoms. The normalized spacial score (nSPS) is 14.0. The number of aldehydes is 1. The maximum atomic E-state index is 11.2. The van der Waals surface area contributed by atoms with Gasteiger partial charge in [-0.15, -0.1) is 0 Å². The Labute approximate surface area is 133 Å². The van der Waals surface area contributed by atoms with Crippen LogP contribution in [0.4, 0.5) is 0 Å². The first kappa shape index (κ1) is 16.5. The van der Waals surface area contributed by atoms with E-state index >= 15 is 0 Å². The predicted octanol–water partition coefficient (Wildman–Crippen LogP) is 3.84. The van der Waals surface area contributed by atoms with E-state index in [0.29, 0.717) is 14.1 Å². The third kappa shape index (κ3) is 3.31. The number of methoxy groups -OCH3 is 1. The molecule has 0 aromatic heterocycles. The Bertz CT molecular complexity index is 669. The maximum absolute atomic E-state index is 11.2. The van der Waals surface area contributed by atoms with E-state index in [-0.39, 0.29) is 10.9 Å². The second-order valence-electron chi connectivity index (χ2n) is 5.40. The van der Waals surface area contributed by atoms with Crippen LogP contribution in [0.5, 0.6) is 11.5 Å². The first-order valence-corrected chi connectivity index (χ1v) is 8.24. The summed E-state index contributed by atoms with van der Waals surface area (Å²) in [5.41, 5.74) is 1.57. The van der Waals surface area contributed by atoms with Gasteiger partial charge in [0.2, 0.25) is 0 Å². The zero-order valence-electron chi connectivity index (χ0n) is 13.1. The van der Waals surface area contributed by atoms with E-state index in [1.807, 2.05) is 30.3 Å². The standard InChI is InChI=1S/C18H21O3P/c1-4-18(2,15-11-14(21-3)9-10-16(15)20)22-17-8-6-5-7-13(17)12-19/h5-12,20,22H,4H2,1-3H3. The summed E-state index contributed by atoms with van der Waals surface area (Å²) in [5.74, 6) is 0.988. The summed E-state index contributed by atoms with van der Waals surface area (Å²) in [5, 5.41) is 11.0. The highest BCUT2D eigenvalue weighted by Crippen LogP contribution is 2.48. The summed E-state index contributed by atoms with van der Waals surface area (Å²) in [6, 6.07) is 12.9. The second kappa shape index (κ2) is 6.93. The van der Waals surface area contributed by atoms with Gasteiger partial charge in [-0.2, -0.15) is 0 Å². The largest absolute Gasteiger partial charge is 0.508 e. The van der Waals surface area contributed by atoms with E-state index in [0.717, 1.165) is 29.3 Å². The fourth-order valence-corrected chi connectivity index (χ4v) is 4.01. The number of hydrogen-bond acceptors (Lipinski definition) is 3. The van der Waals surface area contributed by atoms with Gasteiger partial charge in [0.15, 0.2) is 6.29 Å². The minimum absolute atomic E-state index is 0.252. The molecule has 116 valence electrons. The van der Waals surface area contributed by atoms with Crippen LogP contribution in [-0.2, 0) is 5.16 Å². The number of carbonyl (C=O) groups is 1. The third-order valence-corrected chi connectivity index (χ3v) is 5.90. The molecule has 2 rings (SSSR count). The molecule has 2 unspecified atom stereocenters. The van der Waals surface area contributed by atoms with Gasteiger partial charge < -0.3 is 9.84 Å². The Hall–Kier alpha value is -1.86. The molecule has 0 saturated carbocycles. The van der Waals surface area contributed by atoms with Gasteiger partial charge in [0.25, 0.3) is 0 Å². The highest BCUT2D eigenvalue weighted by Gasteiger charge is 2.29. The quantitative estimate of drug-likeness (QED) is 0.650. The molecule has 0 aliphatic rings. The lowest BCUT2D eigenvalue weighted by molar-refractivity contribution is 0.112. The first-order valence-electron chi connectivity index (χ1n) is 7.24. The lowest BCUT2D eigenvalue weighted by Gasteiger charge is -2.30. The Morgan fingerprint density at radius 1 is 1.27 bits per heavy atom. The zero-order valence-corrected chi connectivity index (χ0v) is 14.1. The Kier molecular flexibility index (Phi) is 5.20. The van der Waals surface area contributed by atoms with E-state index in [1.165, 1.54) is 0 Å². The highest BCUT2D eigenvalue weighted by molar-refractivity contribution is 7.48. The third-order valence-electron chi connectivity index (χ3n) is 4.00. The Morgan fingerprint density at radius 3 is 2.64 bits per heavy atom. The second-order valence-corrected chi connectivity index (χ2v) is 7.29. The van der Waals surface area contributed by atoms with Crippen LogP contribution < -0.4 is 10.0 Å². The van der Waals surface area contributed by atoms with Gasteiger partial charge in [-0.25, -0.2) is 0 Å². The summed E-state index contributed by atoms with van der Waals surface area (Å²) in [6.07, 6.45) is 1.74. The summed E-state index contributed by atoms with van der Waals surface area (Å²) in [4.78, 5) is 11.2. The minimum atomic E-state index is -0.252. The molecular formula is C18H21O3P. The molecule has 0 radical (unpaired) electrons. The van der Waals surface area contributed by atoms with Crippen molar-refractivity contribution in [3.8, 4) is 11.5 Å². The first-order chi connectivity index (χ1) is 10.5. The summed E-state index contributed by atoms with van der Waals surface area (Å²) < 4.78 is 5.28. The number of ether oxygens (including phenoxy) is 1. The smallest absolute Gasteiger partial charge is 0.150 e. The van der Waals surface area contributed by atoms with Crippen LogP contribution in [0, 0.1) is 0 Å². The van der Waals surface area contributed by atoms with Crippen molar-refractivity contribution in [2.75, 3.05) is 7.11 Å². The SMILES string of the molecule is CCC(C)(Pc1ccccc1C=O)c1cc(OC)ccc1O. The molecule has 0 amide bonds. The Balaban J connectivity index is 2.46. The molecule has 2 aromatic rings. The van der Waals surface area contributed by atoms with Crippen LogP contribution >= 0.6 is 8.58 Å². The van der Waals surface area contributed by atoms with Gasteiger partial charge >= 0.3 is 0 Å². The highest BCUT2D eigenvalue weighted by atomic mass is 31.1. The number of carbonyl (C=O) groups excluding carboxylic acids is 1. The van der Waals surface area contributed by atoms with Crippen LogP contribution in [0.2, 0.25) is 0 Å². The molecule has 0 saturated heterocycles. The molecule has 2 aromatic carbocycles. The number of hydrogen-bond donors (Lipinski definition) is 1. The molecule has 3 nitrogen and oxygen atoms in total. The number of phenolic OH excluding ortho intramolecular Hbond substituents is 1. The predicted molar refractivity (Wildman–Crippen MR) is 92.1 cm³/mol. The number of rotatable bonds is 6. The van der Waals surface area contributed by atoms with Crippen LogP contribution in [-0.4, -0.2) is 18.5 Å². The molecular weight excluding hydrogens is 295 g/mol. The van der Waals surface area contributed by atoms with Crippen LogP contribution in [0.3, 0.4) is 0 Å². The van der Waals surface area contributed by atoms with Crippen LogP contribution in [0.25, 0.3) is 0 Å². The lowest BCUT2D eigenvalue weighted by Crippen LogP contribution is -2.20. The maximum Gasteiger partial charge on any atom is 0.150 e. The molecule has 1 N–H and O–H groups in total. The van der Waals surface area contributed by atoms with Crippen molar-refractivity contribution >= 4 is 20.2 Å². The van der Waals surface area contributed by atoms with Crippen molar-refractivity contribution in [3.63, 3.8) is 0 Å². The van der Waals surface area contributed by atoms with E-state index in [4.69, 9.17) is 4.74 Å². The van der Waals surface area contributed by atoms with Crippen LogP contribution in [0.15, 0.2) is 42.5 Å². The average molecular weight is 316 g/mol. The summed E-state index contributed by atoms with van der Waals surface area (Å²) in [6.45, 7) is 4.21. The number of benzene rings is 2. The molecule has 0 heterocycles. The topological polar surface area (TPSA) is 46.5 Å². The van der Waals surface area contributed by atoms with Crippen molar-refractivity contribution in [2.45, 2.75) is 25.4 Å². The molecule has 0 aliphatic heterocycles. The molecule has 0 aliphatic carbocycles. The molecule has 2 atom stereocenters. The van der Waals surface area contributed by atoms with E-state index < -0.39 is 0 Å². The van der Waals surface area contributed by atoms with E-state index in [1.54, 1.807) is 19.2 Å². The fraction of sp³-hybridized carbons (Fsp3) is 0.278. The van der Waals surface area contributed by atoms with Gasteiger partial charge in [-0.1, -0.05) is 46.7 Å². The molecule has 0 bridgehead atoms. The van der Waals surface area contributed by atoms with Gasteiger partial charge in [-0.3, -0.25) is 4.79 Å². The van der Waals surface area contributed by atoms with Crippen molar-refractivity contribution < 1.29 is 14.6 Å². The Morgan fingerprint density at radius 2 is 2.00 bits per heavy atom. The molecule has 0 fully saturated rings. The summed E-state index contributed by atoms with van der Waals surface area (Å²) >= 11 is 0. The van der Waals surface area contributed by atoms with Gasteiger partial charge in [0, 0.05) is 16.3 Å². The van der Waals surface area contributed by atoms with Gasteiger partial charge in [0.1, 0.15) is 11.5 Å². The summed E-state index contributed by atoms with van der Waals surface area (Å²) in [7, 11) is 1.99. The van der Waals surface area contributed by atoms with Crippen molar-refractivity contribution in [2.24, 2.45) is 0 Å².